The van der Waals surface area contributed by atoms with E-state index in [0.29, 0.717) is 17.4 Å². The zero-order chi connectivity index (χ0) is 11.5. The highest BCUT2D eigenvalue weighted by Gasteiger charge is 2.23. The SMILES string of the molecule is NC(Cc1cc(F)ccc1Cl)C1CCSC1. The molecule has 1 fully saturated rings. The number of nitrogens with two attached hydrogens (primary N) is 1. The van der Waals surface area contributed by atoms with Gasteiger partial charge in [0.25, 0.3) is 0 Å². The highest BCUT2D eigenvalue weighted by atomic mass is 35.5. The van der Waals surface area contributed by atoms with Crippen molar-refractivity contribution >= 4 is 23.4 Å². The predicted octanol–water partition coefficient (Wildman–Crippen LogP) is 3.10. The van der Waals surface area contributed by atoms with Crippen LogP contribution in [0.25, 0.3) is 0 Å². The molecule has 1 aliphatic heterocycles. The van der Waals surface area contributed by atoms with E-state index in [-0.39, 0.29) is 11.9 Å². The molecule has 2 atom stereocenters. The Morgan fingerprint density at radius 2 is 2.38 bits per heavy atom. The summed E-state index contributed by atoms with van der Waals surface area (Å²) in [5.41, 5.74) is 6.96. The highest BCUT2D eigenvalue weighted by Crippen LogP contribution is 2.28. The molecule has 1 aromatic rings. The standard InChI is InChI=1S/C12H15ClFNS/c13-11-2-1-10(14)5-9(11)6-12(15)8-3-4-16-7-8/h1-2,5,8,12H,3-4,6-7,15H2. The first-order chi connectivity index (χ1) is 7.66. The summed E-state index contributed by atoms with van der Waals surface area (Å²) in [6, 6.07) is 4.56. The van der Waals surface area contributed by atoms with Gasteiger partial charge in [-0.15, -0.1) is 0 Å². The molecule has 4 heteroatoms. The van der Waals surface area contributed by atoms with Gasteiger partial charge in [-0.1, -0.05) is 11.6 Å². The summed E-state index contributed by atoms with van der Waals surface area (Å²) in [5, 5.41) is 0.613. The maximum Gasteiger partial charge on any atom is 0.123 e. The average Bonchev–Trinajstić information content (AvgIpc) is 2.76. The van der Waals surface area contributed by atoms with E-state index in [1.54, 1.807) is 6.07 Å². The van der Waals surface area contributed by atoms with Crippen LogP contribution in [0.2, 0.25) is 5.02 Å². The van der Waals surface area contributed by atoms with Gasteiger partial charge in [0.1, 0.15) is 5.82 Å². The molecule has 0 spiro atoms. The van der Waals surface area contributed by atoms with Crippen LogP contribution in [0.1, 0.15) is 12.0 Å². The van der Waals surface area contributed by atoms with E-state index in [9.17, 15) is 4.39 Å². The molecule has 1 aromatic carbocycles. The number of benzene rings is 1. The van der Waals surface area contributed by atoms with Crippen LogP contribution in [-0.2, 0) is 6.42 Å². The van der Waals surface area contributed by atoms with Crippen molar-refractivity contribution in [3.63, 3.8) is 0 Å². The number of halogens is 2. The summed E-state index contributed by atoms with van der Waals surface area (Å²) in [6.07, 6.45) is 1.83. The fourth-order valence-electron chi connectivity index (χ4n) is 2.01. The number of rotatable bonds is 3. The van der Waals surface area contributed by atoms with E-state index < -0.39 is 0 Å². The van der Waals surface area contributed by atoms with Gasteiger partial charge >= 0.3 is 0 Å². The molecule has 1 heterocycles. The molecule has 2 unspecified atom stereocenters. The van der Waals surface area contributed by atoms with E-state index in [2.05, 4.69) is 0 Å². The predicted molar refractivity (Wildman–Crippen MR) is 68.5 cm³/mol. The Labute approximate surface area is 105 Å². The van der Waals surface area contributed by atoms with Gasteiger partial charge in [-0.05, 0) is 54.0 Å². The quantitative estimate of drug-likeness (QED) is 0.903. The molecule has 88 valence electrons. The second-order valence-corrected chi connectivity index (χ2v) is 5.78. The number of hydrogen-bond acceptors (Lipinski definition) is 2. The van der Waals surface area contributed by atoms with E-state index >= 15 is 0 Å². The Morgan fingerprint density at radius 3 is 3.06 bits per heavy atom. The summed E-state index contributed by atoms with van der Waals surface area (Å²) in [5.74, 6) is 2.61. The summed E-state index contributed by atoms with van der Waals surface area (Å²) in [6.45, 7) is 0. The molecular formula is C12H15ClFNS. The van der Waals surface area contributed by atoms with Crippen molar-refractivity contribution in [3.05, 3.63) is 34.6 Å². The summed E-state index contributed by atoms with van der Waals surface area (Å²) < 4.78 is 13.1. The maximum atomic E-state index is 13.1. The van der Waals surface area contributed by atoms with Crippen LogP contribution in [0.5, 0.6) is 0 Å². The van der Waals surface area contributed by atoms with E-state index in [1.807, 2.05) is 11.8 Å². The van der Waals surface area contributed by atoms with Crippen LogP contribution in [-0.4, -0.2) is 17.5 Å². The van der Waals surface area contributed by atoms with Gasteiger partial charge in [0.15, 0.2) is 0 Å². The van der Waals surface area contributed by atoms with Crippen LogP contribution in [0.3, 0.4) is 0 Å². The highest BCUT2D eigenvalue weighted by molar-refractivity contribution is 7.99. The molecule has 0 radical (unpaired) electrons. The van der Waals surface area contributed by atoms with Gasteiger partial charge in [0.2, 0.25) is 0 Å². The fraction of sp³-hybridized carbons (Fsp3) is 0.500. The lowest BCUT2D eigenvalue weighted by Gasteiger charge is -2.18. The van der Waals surface area contributed by atoms with Gasteiger partial charge in [-0.3, -0.25) is 0 Å². The molecule has 2 N–H and O–H groups in total. The minimum atomic E-state index is -0.243. The van der Waals surface area contributed by atoms with Crippen LogP contribution in [0.15, 0.2) is 18.2 Å². The molecule has 0 saturated carbocycles. The molecule has 16 heavy (non-hydrogen) atoms. The van der Waals surface area contributed by atoms with Gasteiger partial charge in [0, 0.05) is 11.1 Å². The van der Waals surface area contributed by atoms with E-state index in [4.69, 9.17) is 17.3 Å². The average molecular weight is 260 g/mol. The molecule has 0 bridgehead atoms. The van der Waals surface area contributed by atoms with Gasteiger partial charge in [-0.25, -0.2) is 4.39 Å². The molecule has 1 saturated heterocycles. The topological polar surface area (TPSA) is 26.0 Å². The summed E-state index contributed by atoms with van der Waals surface area (Å²) in [4.78, 5) is 0. The van der Waals surface area contributed by atoms with Crippen molar-refractivity contribution < 1.29 is 4.39 Å². The summed E-state index contributed by atoms with van der Waals surface area (Å²) in [7, 11) is 0. The largest absolute Gasteiger partial charge is 0.327 e. The first kappa shape index (κ1) is 12.2. The lowest BCUT2D eigenvalue weighted by molar-refractivity contribution is 0.462. The first-order valence-corrected chi connectivity index (χ1v) is 6.97. The molecule has 1 nitrogen and oxygen atoms in total. The number of hydrogen-bond donors (Lipinski definition) is 1. The van der Waals surface area contributed by atoms with E-state index in [0.717, 1.165) is 11.3 Å². The van der Waals surface area contributed by atoms with Gasteiger partial charge in [-0.2, -0.15) is 11.8 Å². The number of thioether (sulfide) groups is 1. The molecule has 0 aliphatic carbocycles. The summed E-state index contributed by atoms with van der Waals surface area (Å²) >= 11 is 7.96. The van der Waals surface area contributed by atoms with Crippen molar-refractivity contribution in [2.75, 3.05) is 11.5 Å². The monoisotopic (exact) mass is 259 g/mol. The Balaban J connectivity index is 2.04. The van der Waals surface area contributed by atoms with E-state index in [1.165, 1.54) is 24.3 Å². The maximum absolute atomic E-state index is 13.1. The van der Waals surface area contributed by atoms with Gasteiger partial charge in [0.05, 0.1) is 0 Å². The zero-order valence-electron chi connectivity index (χ0n) is 8.96. The molecule has 0 aromatic heterocycles. The smallest absolute Gasteiger partial charge is 0.123 e. The van der Waals surface area contributed by atoms with Crippen molar-refractivity contribution in [1.82, 2.24) is 0 Å². The van der Waals surface area contributed by atoms with Crippen LogP contribution >= 0.6 is 23.4 Å². The Bertz CT molecular complexity index is 366. The third-order valence-corrected chi connectivity index (χ3v) is 4.59. The third kappa shape index (κ3) is 2.90. The third-order valence-electron chi connectivity index (χ3n) is 3.03. The lowest BCUT2D eigenvalue weighted by atomic mass is 9.94. The fourth-order valence-corrected chi connectivity index (χ4v) is 3.56. The Morgan fingerprint density at radius 1 is 1.56 bits per heavy atom. The first-order valence-electron chi connectivity index (χ1n) is 5.44. The zero-order valence-corrected chi connectivity index (χ0v) is 10.5. The Hall–Kier alpha value is -0.250. The second-order valence-electron chi connectivity index (χ2n) is 4.23. The minimum absolute atomic E-state index is 0.0919. The Kier molecular flexibility index (Phi) is 4.11. The molecule has 2 rings (SSSR count). The van der Waals surface area contributed by atoms with Gasteiger partial charge < -0.3 is 5.73 Å². The molecule has 1 aliphatic rings. The normalized spacial score (nSPS) is 22.3. The van der Waals surface area contributed by atoms with Crippen molar-refractivity contribution in [3.8, 4) is 0 Å². The molecular weight excluding hydrogens is 245 g/mol. The van der Waals surface area contributed by atoms with Crippen LogP contribution < -0.4 is 5.73 Å². The van der Waals surface area contributed by atoms with Crippen molar-refractivity contribution in [1.29, 1.82) is 0 Å². The lowest BCUT2D eigenvalue weighted by Crippen LogP contribution is -2.32. The minimum Gasteiger partial charge on any atom is -0.327 e. The second kappa shape index (κ2) is 5.39. The molecule has 0 amide bonds. The van der Waals surface area contributed by atoms with Crippen LogP contribution in [0.4, 0.5) is 4.39 Å². The van der Waals surface area contributed by atoms with Crippen LogP contribution in [0, 0.1) is 11.7 Å². The van der Waals surface area contributed by atoms with Crippen molar-refractivity contribution in [2.45, 2.75) is 18.9 Å². The van der Waals surface area contributed by atoms with Crippen molar-refractivity contribution in [2.24, 2.45) is 11.7 Å².